The molecule has 3 aromatic rings. The van der Waals surface area contributed by atoms with Gasteiger partial charge in [-0.2, -0.15) is 0 Å². The second-order valence-electron chi connectivity index (χ2n) is 12.2. The van der Waals surface area contributed by atoms with E-state index in [0.29, 0.717) is 29.6 Å². The van der Waals surface area contributed by atoms with Crippen LogP contribution in [0.3, 0.4) is 0 Å². The van der Waals surface area contributed by atoms with Crippen molar-refractivity contribution >= 4 is 46.5 Å². The lowest BCUT2D eigenvalue weighted by atomic mass is 9.81. The Balaban J connectivity index is 1.43. The lowest BCUT2D eigenvalue weighted by molar-refractivity contribution is -0.133. The number of thiazole rings is 1. The van der Waals surface area contributed by atoms with E-state index < -0.39 is 17.1 Å². The number of hydrogen-bond acceptors (Lipinski definition) is 7. The molecule has 0 unspecified atom stereocenters. The number of ether oxygens (including phenoxy) is 1. The third-order valence-electron chi connectivity index (χ3n) is 8.52. The van der Waals surface area contributed by atoms with Crippen molar-refractivity contribution in [3.05, 3.63) is 74.2 Å². The Kier molecular flexibility index (Phi) is 7.55. The van der Waals surface area contributed by atoms with E-state index in [4.69, 9.17) is 4.74 Å². The van der Waals surface area contributed by atoms with Gasteiger partial charge in [0.15, 0.2) is 0 Å². The lowest BCUT2D eigenvalue weighted by Gasteiger charge is -2.31. The Hall–Kier alpha value is -3.37. The summed E-state index contributed by atoms with van der Waals surface area (Å²) in [6.07, 6.45) is 3.03. The SMILES string of the molecule is COc1ccc(N2C(=O)[C@H]3[C@H](c4ccc(C(C)(C)C)cc4)c4sc(=O)n(CC(=O)N5CCCCC5)c4S[C@H]3C2=O)cc1. The molecule has 2 aromatic carbocycles. The first-order valence-corrected chi connectivity index (χ1v) is 16.1. The fraction of sp³-hybridized carbons (Fsp3) is 0.438. The van der Waals surface area contributed by atoms with E-state index in [-0.39, 0.29) is 34.6 Å². The molecule has 6 rings (SSSR count). The zero-order valence-electron chi connectivity index (χ0n) is 24.3. The standard InChI is InChI=1S/C32H35N3O5S2/c1-32(2,3)20-10-8-19(9-11-20)24-25-26(29(38)35(28(25)37)21-12-14-22(40-4)15-13-21)41-30-27(24)42-31(39)34(30)18-23(36)33-16-6-5-7-17-33/h8-15,24-26H,5-7,16-18H2,1-4H3/t24-,25-,26+/m0/s1. The van der Waals surface area contributed by atoms with Gasteiger partial charge in [-0.25, -0.2) is 4.90 Å². The summed E-state index contributed by atoms with van der Waals surface area (Å²) in [5.41, 5.74) is 2.47. The summed E-state index contributed by atoms with van der Waals surface area (Å²) < 4.78 is 6.80. The number of carbonyl (C=O) groups is 3. The molecule has 0 saturated carbocycles. The maximum atomic E-state index is 14.1. The fourth-order valence-corrected chi connectivity index (χ4v) is 8.94. The first kappa shape index (κ1) is 28.7. The molecule has 2 saturated heterocycles. The Morgan fingerprint density at radius 1 is 0.929 bits per heavy atom. The van der Waals surface area contributed by atoms with Gasteiger partial charge in [-0.1, -0.05) is 68.1 Å². The van der Waals surface area contributed by atoms with Crippen LogP contribution >= 0.6 is 23.1 Å². The van der Waals surface area contributed by atoms with E-state index in [0.717, 1.165) is 46.6 Å². The molecule has 10 heteroatoms. The molecule has 3 aliphatic heterocycles. The van der Waals surface area contributed by atoms with Gasteiger partial charge in [0, 0.05) is 23.9 Å². The molecule has 3 atom stereocenters. The third-order valence-corrected chi connectivity index (χ3v) is 11.1. The van der Waals surface area contributed by atoms with E-state index in [1.807, 2.05) is 17.0 Å². The Labute approximate surface area is 253 Å². The zero-order valence-corrected chi connectivity index (χ0v) is 25.9. The summed E-state index contributed by atoms with van der Waals surface area (Å²) in [5, 5.41) is -0.0935. The second-order valence-corrected chi connectivity index (χ2v) is 14.3. The van der Waals surface area contributed by atoms with Gasteiger partial charge in [0.2, 0.25) is 17.7 Å². The fourth-order valence-electron chi connectivity index (χ4n) is 6.17. The zero-order chi connectivity index (χ0) is 29.8. The monoisotopic (exact) mass is 605 g/mol. The number of anilines is 1. The van der Waals surface area contributed by atoms with E-state index in [1.54, 1.807) is 31.4 Å². The van der Waals surface area contributed by atoms with Gasteiger partial charge in [0.1, 0.15) is 17.5 Å². The van der Waals surface area contributed by atoms with Crippen LogP contribution in [0.25, 0.3) is 0 Å². The van der Waals surface area contributed by atoms with E-state index >= 15 is 0 Å². The molecule has 0 radical (unpaired) electrons. The minimum Gasteiger partial charge on any atom is -0.497 e. The third kappa shape index (κ3) is 4.98. The van der Waals surface area contributed by atoms with Crippen LogP contribution in [0.4, 0.5) is 5.69 Å². The van der Waals surface area contributed by atoms with Crippen molar-refractivity contribution in [2.75, 3.05) is 25.1 Å². The summed E-state index contributed by atoms with van der Waals surface area (Å²) in [4.78, 5) is 58.4. The van der Waals surface area contributed by atoms with Crippen molar-refractivity contribution in [1.82, 2.24) is 9.47 Å². The summed E-state index contributed by atoms with van der Waals surface area (Å²) in [6.45, 7) is 7.77. The minimum atomic E-state index is -0.718. The average Bonchev–Trinajstić information content (AvgIpc) is 3.43. The first-order chi connectivity index (χ1) is 20.1. The molecule has 42 heavy (non-hydrogen) atoms. The summed E-state index contributed by atoms with van der Waals surface area (Å²) in [7, 11) is 1.57. The molecule has 0 N–H and O–H groups in total. The van der Waals surface area contributed by atoms with E-state index in [2.05, 4.69) is 32.9 Å². The van der Waals surface area contributed by atoms with Crippen LogP contribution in [0.15, 0.2) is 58.4 Å². The highest BCUT2D eigenvalue weighted by Crippen LogP contribution is 2.54. The highest BCUT2D eigenvalue weighted by atomic mass is 32.2. The number of methoxy groups -OCH3 is 1. The van der Waals surface area contributed by atoms with Crippen molar-refractivity contribution in [2.24, 2.45) is 5.92 Å². The lowest BCUT2D eigenvalue weighted by Crippen LogP contribution is -2.39. The molecule has 0 spiro atoms. The predicted octanol–water partition coefficient (Wildman–Crippen LogP) is 5.02. The van der Waals surface area contributed by atoms with Crippen molar-refractivity contribution in [3.8, 4) is 5.75 Å². The molecule has 0 bridgehead atoms. The molecule has 4 heterocycles. The Bertz CT molecular complexity index is 1580. The maximum Gasteiger partial charge on any atom is 0.308 e. The van der Waals surface area contributed by atoms with Crippen LogP contribution in [-0.2, 0) is 26.3 Å². The smallest absolute Gasteiger partial charge is 0.308 e. The maximum absolute atomic E-state index is 14.1. The Morgan fingerprint density at radius 3 is 2.21 bits per heavy atom. The topological polar surface area (TPSA) is 88.9 Å². The van der Waals surface area contributed by atoms with Crippen molar-refractivity contribution in [3.63, 3.8) is 0 Å². The van der Waals surface area contributed by atoms with Crippen LogP contribution < -0.4 is 14.5 Å². The number of nitrogens with zero attached hydrogens (tertiary/aromatic N) is 3. The normalized spacial score (nSPS) is 22.2. The number of imide groups is 1. The van der Waals surface area contributed by atoms with Gasteiger partial charge in [0.25, 0.3) is 0 Å². The second kappa shape index (κ2) is 11.0. The highest BCUT2D eigenvalue weighted by Gasteiger charge is 2.56. The number of benzene rings is 2. The number of piperidine rings is 1. The van der Waals surface area contributed by atoms with Crippen LogP contribution in [0.5, 0.6) is 5.75 Å². The molecule has 0 aliphatic carbocycles. The number of carbonyl (C=O) groups excluding carboxylic acids is 3. The van der Waals surface area contributed by atoms with E-state index in [9.17, 15) is 19.2 Å². The Morgan fingerprint density at radius 2 is 1.60 bits per heavy atom. The first-order valence-electron chi connectivity index (χ1n) is 14.4. The number of fused-ring (bicyclic) bond motifs is 2. The largest absolute Gasteiger partial charge is 0.497 e. The van der Waals surface area contributed by atoms with Gasteiger partial charge in [-0.3, -0.25) is 23.7 Å². The van der Waals surface area contributed by atoms with Crippen LogP contribution in [0, 0.1) is 5.92 Å². The molecule has 220 valence electrons. The molecule has 1 aromatic heterocycles. The summed E-state index contributed by atoms with van der Waals surface area (Å²) in [6, 6.07) is 15.1. The van der Waals surface area contributed by atoms with Gasteiger partial charge < -0.3 is 9.64 Å². The van der Waals surface area contributed by atoms with Crippen molar-refractivity contribution < 1.29 is 19.1 Å². The predicted molar refractivity (Wildman–Crippen MR) is 165 cm³/mol. The van der Waals surface area contributed by atoms with E-state index in [1.165, 1.54) is 21.2 Å². The number of rotatable bonds is 5. The van der Waals surface area contributed by atoms with Gasteiger partial charge in [-0.05, 0) is 60.1 Å². The number of thioether (sulfide) groups is 1. The van der Waals surface area contributed by atoms with Gasteiger partial charge in [0.05, 0.1) is 23.7 Å². The minimum absolute atomic E-state index is 0.0537. The van der Waals surface area contributed by atoms with Crippen molar-refractivity contribution in [2.45, 2.75) is 68.2 Å². The number of hydrogen-bond donors (Lipinski definition) is 0. The molecular weight excluding hydrogens is 571 g/mol. The molecular formula is C32H35N3O5S2. The molecule has 2 fully saturated rings. The van der Waals surface area contributed by atoms with Crippen LogP contribution in [0.2, 0.25) is 0 Å². The number of amides is 3. The average molecular weight is 606 g/mol. The number of likely N-dealkylation sites (tertiary alicyclic amines) is 1. The van der Waals surface area contributed by atoms with Crippen molar-refractivity contribution in [1.29, 1.82) is 0 Å². The number of aromatic nitrogens is 1. The molecule has 3 aliphatic rings. The highest BCUT2D eigenvalue weighted by molar-refractivity contribution is 8.00. The molecule has 8 nitrogen and oxygen atoms in total. The quantitative estimate of drug-likeness (QED) is 0.380. The van der Waals surface area contributed by atoms with Crippen LogP contribution in [-0.4, -0.2) is 52.6 Å². The van der Waals surface area contributed by atoms with Gasteiger partial charge >= 0.3 is 4.87 Å². The van der Waals surface area contributed by atoms with Gasteiger partial charge in [-0.15, -0.1) is 0 Å². The molecule has 3 amide bonds. The summed E-state index contributed by atoms with van der Waals surface area (Å²) in [5.74, 6) is -1.21. The van der Waals surface area contributed by atoms with Crippen LogP contribution in [0.1, 0.15) is 62.0 Å². The summed E-state index contributed by atoms with van der Waals surface area (Å²) >= 11 is 2.34.